The molecule has 3 rings (SSSR count). The van der Waals surface area contributed by atoms with Gasteiger partial charge in [-0.1, -0.05) is 41.6 Å². The van der Waals surface area contributed by atoms with Gasteiger partial charge >= 0.3 is 0 Å². The molecule has 0 aliphatic heterocycles. The summed E-state index contributed by atoms with van der Waals surface area (Å²) in [6, 6.07) is 16.1. The Balaban J connectivity index is 2.06. The summed E-state index contributed by atoms with van der Waals surface area (Å²) in [4.78, 5) is 0. The summed E-state index contributed by atoms with van der Waals surface area (Å²) in [6.07, 6.45) is 0. The van der Waals surface area contributed by atoms with Gasteiger partial charge in [-0.25, -0.2) is 9.07 Å². The molecule has 0 spiro atoms. The molecule has 5 heteroatoms. The molecule has 1 aromatic heterocycles. The zero-order valence-electron chi connectivity index (χ0n) is 12.0. The second-order valence-corrected chi connectivity index (χ2v) is 5.00. The largest absolute Gasteiger partial charge is 0.239 e. The Kier molecular flexibility index (Phi) is 3.67. The highest BCUT2D eigenvalue weighted by atomic mass is 19.1. The van der Waals surface area contributed by atoms with Gasteiger partial charge < -0.3 is 0 Å². The van der Waals surface area contributed by atoms with Crippen molar-refractivity contribution in [1.82, 2.24) is 15.0 Å². The maximum absolute atomic E-state index is 13.0. The third-order valence-corrected chi connectivity index (χ3v) is 3.49. The van der Waals surface area contributed by atoms with Crippen molar-refractivity contribution >= 4 is 0 Å². The van der Waals surface area contributed by atoms with Gasteiger partial charge in [0.05, 0.1) is 6.54 Å². The first kappa shape index (κ1) is 14.0. The van der Waals surface area contributed by atoms with Crippen LogP contribution in [0.2, 0.25) is 0 Å². The maximum Gasteiger partial charge on any atom is 0.190 e. The van der Waals surface area contributed by atoms with Crippen LogP contribution < -0.4 is 0 Å². The first-order valence-electron chi connectivity index (χ1n) is 6.83. The van der Waals surface area contributed by atoms with Crippen LogP contribution in [0, 0.1) is 24.1 Å². The van der Waals surface area contributed by atoms with E-state index in [2.05, 4.69) is 16.4 Å². The minimum Gasteiger partial charge on any atom is -0.239 e. The Bertz CT molecular complexity index is 844. The first-order valence-corrected chi connectivity index (χ1v) is 6.83. The van der Waals surface area contributed by atoms with Crippen molar-refractivity contribution in [3.63, 3.8) is 0 Å². The van der Waals surface area contributed by atoms with E-state index in [0.29, 0.717) is 12.2 Å². The molecule has 0 aliphatic rings. The maximum atomic E-state index is 13.0. The summed E-state index contributed by atoms with van der Waals surface area (Å²) in [7, 11) is 0. The lowest BCUT2D eigenvalue weighted by atomic mass is 10.0. The summed E-state index contributed by atoms with van der Waals surface area (Å²) < 4.78 is 14.7. The van der Waals surface area contributed by atoms with Crippen molar-refractivity contribution in [1.29, 1.82) is 5.26 Å². The van der Waals surface area contributed by atoms with Crippen molar-refractivity contribution in [2.24, 2.45) is 0 Å². The molecular formula is C17H13FN4. The van der Waals surface area contributed by atoms with Gasteiger partial charge in [0.1, 0.15) is 17.6 Å². The van der Waals surface area contributed by atoms with Crippen molar-refractivity contribution in [2.45, 2.75) is 13.5 Å². The van der Waals surface area contributed by atoms with Crippen LogP contribution in [-0.2, 0) is 6.54 Å². The molecule has 0 saturated carbocycles. The summed E-state index contributed by atoms with van der Waals surface area (Å²) in [6.45, 7) is 2.41. The lowest BCUT2D eigenvalue weighted by Crippen LogP contribution is -2.05. The molecule has 0 unspecified atom stereocenters. The Morgan fingerprint density at radius 2 is 1.86 bits per heavy atom. The van der Waals surface area contributed by atoms with E-state index in [-0.39, 0.29) is 11.5 Å². The number of aromatic nitrogens is 3. The predicted molar refractivity (Wildman–Crippen MR) is 80.4 cm³/mol. The average Bonchev–Trinajstić information content (AvgIpc) is 2.93. The van der Waals surface area contributed by atoms with Gasteiger partial charge in [0, 0.05) is 5.56 Å². The molecule has 108 valence electrons. The molecule has 4 nitrogen and oxygen atoms in total. The van der Waals surface area contributed by atoms with Crippen LogP contribution in [0.5, 0.6) is 0 Å². The number of hydrogen-bond acceptors (Lipinski definition) is 3. The molecule has 0 amide bonds. The number of halogens is 1. The zero-order chi connectivity index (χ0) is 15.5. The Labute approximate surface area is 127 Å². The van der Waals surface area contributed by atoms with E-state index < -0.39 is 0 Å². The Morgan fingerprint density at radius 1 is 1.14 bits per heavy atom. The fourth-order valence-electron chi connectivity index (χ4n) is 2.37. The van der Waals surface area contributed by atoms with Crippen LogP contribution in [-0.4, -0.2) is 15.0 Å². The van der Waals surface area contributed by atoms with Crippen LogP contribution >= 0.6 is 0 Å². The van der Waals surface area contributed by atoms with Crippen LogP contribution in [0.1, 0.15) is 16.8 Å². The summed E-state index contributed by atoms with van der Waals surface area (Å²) in [5, 5.41) is 17.3. The number of hydrogen-bond donors (Lipinski definition) is 0. The van der Waals surface area contributed by atoms with E-state index in [1.807, 2.05) is 31.2 Å². The van der Waals surface area contributed by atoms with E-state index in [0.717, 1.165) is 16.7 Å². The van der Waals surface area contributed by atoms with Crippen LogP contribution in [0.3, 0.4) is 0 Å². The summed E-state index contributed by atoms with van der Waals surface area (Å²) in [5.74, 6) is -0.279. The molecule has 2 aromatic carbocycles. The van der Waals surface area contributed by atoms with Crippen LogP contribution in [0.25, 0.3) is 11.3 Å². The molecule has 3 aromatic rings. The molecule has 0 aliphatic carbocycles. The molecule has 22 heavy (non-hydrogen) atoms. The van der Waals surface area contributed by atoms with E-state index in [1.165, 1.54) is 12.1 Å². The van der Waals surface area contributed by atoms with Crippen molar-refractivity contribution in [3.8, 4) is 17.3 Å². The van der Waals surface area contributed by atoms with Gasteiger partial charge in [0.25, 0.3) is 0 Å². The van der Waals surface area contributed by atoms with E-state index in [9.17, 15) is 9.65 Å². The molecule has 0 bridgehead atoms. The predicted octanol–water partition coefficient (Wildman–Crippen LogP) is 3.31. The Morgan fingerprint density at radius 3 is 2.55 bits per heavy atom. The van der Waals surface area contributed by atoms with Gasteiger partial charge in [-0.05, 0) is 30.2 Å². The molecule has 0 N–H and O–H groups in total. The average molecular weight is 292 g/mol. The molecule has 0 radical (unpaired) electrons. The summed E-state index contributed by atoms with van der Waals surface area (Å²) in [5.41, 5.74) is 3.83. The standard InChI is InChI=1S/C17H13FN4/c1-12-4-2-3-5-15(12)17-16(10-19)20-21-22(17)11-13-6-8-14(18)9-7-13/h2-9H,11H2,1H3. The minimum absolute atomic E-state index is 0.279. The second-order valence-electron chi connectivity index (χ2n) is 5.00. The van der Waals surface area contributed by atoms with Gasteiger partial charge in [-0.15, -0.1) is 5.10 Å². The smallest absolute Gasteiger partial charge is 0.190 e. The fraction of sp³-hybridized carbons (Fsp3) is 0.118. The number of nitriles is 1. The second kappa shape index (κ2) is 5.78. The molecule has 0 atom stereocenters. The molecule has 0 saturated heterocycles. The van der Waals surface area contributed by atoms with Gasteiger partial charge in [0.15, 0.2) is 5.69 Å². The Hall–Kier alpha value is -3.00. The monoisotopic (exact) mass is 292 g/mol. The van der Waals surface area contributed by atoms with E-state index >= 15 is 0 Å². The number of benzene rings is 2. The molecule has 0 fully saturated rings. The fourth-order valence-corrected chi connectivity index (χ4v) is 2.37. The van der Waals surface area contributed by atoms with Gasteiger partial charge in [0.2, 0.25) is 0 Å². The first-order chi connectivity index (χ1) is 10.7. The topological polar surface area (TPSA) is 54.5 Å². The highest BCUT2D eigenvalue weighted by Gasteiger charge is 2.16. The van der Waals surface area contributed by atoms with E-state index in [1.54, 1.807) is 16.8 Å². The third kappa shape index (κ3) is 2.59. The number of nitrogens with zero attached hydrogens (tertiary/aromatic N) is 4. The van der Waals surface area contributed by atoms with Gasteiger partial charge in [-0.2, -0.15) is 5.26 Å². The SMILES string of the molecule is Cc1ccccc1-c1c(C#N)nnn1Cc1ccc(F)cc1. The highest BCUT2D eigenvalue weighted by molar-refractivity contribution is 5.68. The van der Waals surface area contributed by atoms with E-state index in [4.69, 9.17) is 0 Å². The third-order valence-electron chi connectivity index (χ3n) is 3.49. The molecule has 1 heterocycles. The lowest BCUT2D eigenvalue weighted by Gasteiger charge is -2.09. The minimum atomic E-state index is -0.279. The van der Waals surface area contributed by atoms with Gasteiger partial charge in [-0.3, -0.25) is 0 Å². The normalized spacial score (nSPS) is 10.4. The zero-order valence-corrected chi connectivity index (χ0v) is 12.0. The van der Waals surface area contributed by atoms with Crippen LogP contribution in [0.15, 0.2) is 48.5 Å². The van der Waals surface area contributed by atoms with Crippen molar-refractivity contribution in [3.05, 3.63) is 71.2 Å². The van der Waals surface area contributed by atoms with Crippen LogP contribution in [0.4, 0.5) is 4.39 Å². The highest BCUT2D eigenvalue weighted by Crippen LogP contribution is 2.25. The van der Waals surface area contributed by atoms with Crippen molar-refractivity contribution in [2.75, 3.05) is 0 Å². The quantitative estimate of drug-likeness (QED) is 0.744. The summed E-state index contributed by atoms with van der Waals surface area (Å²) >= 11 is 0. The number of aryl methyl sites for hydroxylation is 1. The van der Waals surface area contributed by atoms with Crippen molar-refractivity contribution < 1.29 is 4.39 Å². The number of rotatable bonds is 3. The lowest BCUT2D eigenvalue weighted by molar-refractivity contribution is 0.622. The molecular weight excluding hydrogens is 279 g/mol.